The van der Waals surface area contributed by atoms with E-state index in [1.54, 1.807) is 0 Å². The second-order valence-corrected chi connectivity index (χ2v) is 8.64. The Bertz CT molecular complexity index is 1590. The van der Waals surface area contributed by atoms with Crippen LogP contribution in [-0.4, -0.2) is 9.97 Å². The summed E-state index contributed by atoms with van der Waals surface area (Å²) in [6, 6.07) is 31.9. The Balaban J connectivity index is 1.45. The summed E-state index contributed by atoms with van der Waals surface area (Å²) >= 11 is 3.54. The molecule has 0 N–H and O–H groups in total. The minimum atomic E-state index is 0.936. The highest BCUT2D eigenvalue weighted by molar-refractivity contribution is 9.10. The van der Waals surface area contributed by atoms with Gasteiger partial charge in [-0.1, -0.05) is 76.6 Å². The highest BCUT2D eigenvalue weighted by Crippen LogP contribution is 2.31. The molecule has 0 radical (unpaired) electrons. The van der Waals surface area contributed by atoms with Crippen molar-refractivity contribution in [2.24, 2.45) is 0 Å². The fourth-order valence-corrected chi connectivity index (χ4v) is 4.51. The Morgan fingerprint density at radius 2 is 1.00 bits per heavy atom. The highest BCUT2D eigenvalue weighted by atomic mass is 79.9. The average Bonchev–Trinajstić information content (AvgIpc) is 2.83. The Kier molecular flexibility index (Phi) is 4.29. The normalized spacial score (nSPS) is 11.4. The Hall–Kier alpha value is -3.56. The molecule has 6 aromatic rings. The molecule has 0 amide bonds. The number of pyridine rings is 2. The van der Waals surface area contributed by atoms with Crippen molar-refractivity contribution in [3.63, 3.8) is 0 Å². The topological polar surface area (TPSA) is 25.8 Å². The third-order valence-electron chi connectivity index (χ3n) is 5.74. The van der Waals surface area contributed by atoms with Crippen LogP contribution in [0.4, 0.5) is 0 Å². The highest BCUT2D eigenvalue weighted by Gasteiger charge is 2.08. The molecule has 0 aliphatic heterocycles. The van der Waals surface area contributed by atoms with Gasteiger partial charge in [-0.3, -0.25) is 9.97 Å². The fourth-order valence-electron chi connectivity index (χ4n) is 4.14. The van der Waals surface area contributed by atoms with Crippen molar-refractivity contribution < 1.29 is 0 Å². The molecule has 0 saturated carbocycles. The number of aromatic nitrogens is 2. The van der Waals surface area contributed by atoms with Gasteiger partial charge in [0.25, 0.3) is 0 Å². The lowest BCUT2D eigenvalue weighted by Crippen LogP contribution is -1.89. The van der Waals surface area contributed by atoms with Crippen LogP contribution in [0.15, 0.2) is 108 Å². The van der Waals surface area contributed by atoms with E-state index in [2.05, 4.69) is 101 Å². The standard InChI is InChI=1S/C28H17BrN2/c29-26-11-10-19-12-20(6-7-21(19)15-26)25-14-23-9-8-22-13-24(18-4-2-1-3-5-18)16-30-27(22)28(23)31-17-25/h1-17H. The van der Waals surface area contributed by atoms with Crippen LogP contribution in [0.25, 0.3) is 54.8 Å². The van der Waals surface area contributed by atoms with Gasteiger partial charge in [0.05, 0.1) is 11.0 Å². The lowest BCUT2D eigenvalue weighted by molar-refractivity contribution is 1.37. The lowest BCUT2D eigenvalue weighted by atomic mass is 10.00. The summed E-state index contributed by atoms with van der Waals surface area (Å²) in [6.07, 6.45) is 3.89. The third-order valence-corrected chi connectivity index (χ3v) is 6.24. The molecule has 2 heterocycles. The van der Waals surface area contributed by atoms with Crippen molar-refractivity contribution in [3.05, 3.63) is 108 Å². The Morgan fingerprint density at radius 1 is 0.452 bits per heavy atom. The zero-order valence-electron chi connectivity index (χ0n) is 16.6. The Labute approximate surface area is 188 Å². The summed E-state index contributed by atoms with van der Waals surface area (Å²) in [6.45, 7) is 0. The van der Waals surface area contributed by atoms with E-state index in [-0.39, 0.29) is 0 Å². The molecule has 4 aromatic carbocycles. The van der Waals surface area contributed by atoms with Gasteiger partial charge in [0.2, 0.25) is 0 Å². The van der Waals surface area contributed by atoms with Crippen LogP contribution >= 0.6 is 15.9 Å². The molecule has 0 bridgehead atoms. The molecular weight excluding hydrogens is 444 g/mol. The van der Waals surface area contributed by atoms with Gasteiger partial charge in [-0.25, -0.2) is 0 Å². The molecule has 0 aliphatic carbocycles. The molecule has 31 heavy (non-hydrogen) atoms. The van der Waals surface area contributed by atoms with Crippen molar-refractivity contribution >= 4 is 48.5 Å². The molecule has 0 unspecified atom stereocenters. The minimum Gasteiger partial charge on any atom is -0.253 e. The molecule has 0 aliphatic rings. The molecule has 3 heteroatoms. The summed E-state index contributed by atoms with van der Waals surface area (Å²) in [5.74, 6) is 0. The van der Waals surface area contributed by atoms with E-state index in [0.717, 1.165) is 43.0 Å². The van der Waals surface area contributed by atoms with Crippen LogP contribution in [-0.2, 0) is 0 Å². The molecule has 6 rings (SSSR count). The summed E-state index contributed by atoms with van der Waals surface area (Å²) in [5.41, 5.74) is 6.43. The van der Waals surface area contributed by atoms with Gasteiger partial charge >= 0.3 is 0 Å². The van der Waals surface area contributed by atoms with Crippen LogP contribution in [0.3, 0.4) is 0 Å². The third kappa shape index (κ3) is 3.28. The molecule has 0 spiro atoms. The van der Waals surface area contributed by atoms with Gasteiger partial charge < -0.3 is 0 Å². The monoisotopic (exact) mass is 460 g/mol. The van der Waals surface area contributed by atoms with Crippen molar-refractivity contribution in [1.29, 1.82) is 0 Å². The molecule has 0 fully saturated rings. The number of rotatable bonds is 2. The average molecular weight is 461 g/mol. The van der Waals surface area contributed by atoms with E-state index < -0.39 is 0 Å². The van der Waals surface area contributed by atoms with Gasteiger partial charge in [-0.2, -0.15) is 0 Å². The van der Waals surface area contributed by atoms with Gasteiger partial charge in [0.15, 0.2) is 0 Å². The summed E-state index contributed by atoms with van der Waals surface area (Å²) in [4.78, 5) is 9.58. The van der Waals surface area contributed by atoms with Gasteiger partial charge in [0, 0.05) is 38.8 Å². The van der Waals surface area contributed by atoms with Crippen LogP contribution in [0.1, 0.15) is 0 Å². The van der Waals surface area contributed by atoms with Crippen molar-refractivity contribution in [1.82, 2.24) is 9.97 Å². The largest absolute Gasteiger partial charge is 0.253 e. The second kappa shape index (κ2) is 7.29. The number of hydrogen-bond acceptors (Lipinski definition) is 2. The van der Waals surface area contributed by atoms with Crippen molar-refractivity contribution in [2.45, 2.75) is 0 Å². The zero-order chi connectivity index (χ0) is 20.8. The maximum atomic E-state index is 4.81. The van der Waals surface area contributed by atoms with E-state index >= 15 is 0 Å². The fraction of sp³-hybridized carbons (Fsp3) is 0. The molecular formula is C28H17BrN2. The number of fused-ring (bicyclic) bond motifs is 4. The van der Waals surface area contributed by atoms with Crippen LogP contribution in [0.2, 0.25) is 0 Å². The van der Waals surface area contributed by atoms with E-state index in [1.807, 2.05) is 18.5 Å². The van der Waals surface area contributed by atoms with E-state index in [0.29, 0.717) is 0 Å². The number of halogens is 1. The van der Waals surface area contributed by atoms with Crippen molar-refractivity contribution in [3.8, 4) is 22.3 Å². The predicted octanol–water partition coefficient (Wildman–Crippen LogP) is 8.03. The number of nitrogens with zero attached hydrogens (tertiary/aromatic N) is 2. The second-order valence-electron chi connectivity index (χ2n) is 7.73. The zero-order valence-corrected chi connectivity index (χ0v) is 18.2. The predicted molar refractivity (Wildman–Crippen MR) is 133 cm³/mol. The van der Waals surface area contributed by atoms with Gasteiger partial charge in [0.1, 0.15) is 0 Å². The SMILES string of the molecule is Brc1ccc2cc(-c3cnc4c(ccc5cc(-c6ccccc6)cnc54)c3)ccc2c1. The van der Waals surface area contributed by atoms with Gasteiger partial charge in [-0.05, 0) is 52.2 Å². The van der Waals surface area contributed by atoms with Crippen LogP contribution in [0, 0.1) is 0 Å². The Morgan fingerprint density at radius 3 is 1.71 bits per heavy atom. The van der Waals surface area contributed by atoms with Crippen LogP contribution in [0.5, 0.6) is 0 Å². The lowest BCUT2D eigenvalue weighted by Gasteiger charge is -2.08. The molecule has 0 saturated heterocycles. The minimum absolute atomic E-state index is 0.936. The molecule has 2 aromatic heterocycles. The summed E-state index contributed by atoms with van der Waals surface area (Å²) in [5, 5.41) is 4.64. The smallest absolute Gasteiger partial charge is 0.0965 e. The number of benzene rings is 4. The quantitative estimate of drug-likeness (QED) is 0.244. The molecule has 0 atom stereocenters. The van der Waals surface area contributed by atoms with Gasteiger partial charge in [-0.15, -0.1) is 0 Å². The first-order valence-corrected chi connectivity index (χ1v) is 11.0. The first kappa shape index (κ1) is 18.2. The first-order chi connectivity index (χ1) is 15.2. The van der Waals surface area contributed by atoms with Crippen molar-refractivity contribution in [2.75, 3.05) is 0 Å². The van der Waals surface area contributed by atoms with E-state index in [9.17, 15) is 0 Å². The maximum Gasteiger partial charge on any atom is 0.0965 e. The first-order valence-electron chi connectivity index (χ1n) is 10.2. The van der Waals surface area contributed by atoms with Crippen LogP contribution < -0.4 is 0 Å². The molecule has 146 valence electrons. The molecule has 2 nitrogen and oxygen atoms in total. The van der Waals surface area contributed by atoms with E-state index in [4.69, 9.17) is 9.97 Å². The summed E-state index contributed by atoms with van der Waals surface area (Å²) in [7, 11) is 0. The summed E-state index contributed by atoms with van der Waals surface area (Å²) < 4.78 is 1.09. The maximum absolute atomic E-state index is 4.81. The number of hydrogen-bond donors (Lipinski definition) is 0. The van der Waals surface area contributed by atoms with E-state index in [1.165, 1.54) is 16.3 Å².